The van der Waals surface area contributed by atoms with E-state index in [1.165, 1.54) is 11.1 Å². The second-order valence-electron chi connectivity index (χ2n) is 4.70. The number of benzene rings is 2. The normalized spacial score (nSPS) is 10.5. The van der Waals surface area contributed by atoms with E-state index in [0.717, 1.165) is 18.7 Å². The van der Waals surface area contributed by atoms with Gasteiger partial charge in [-0.05, 0) is 29.7 Å². The molecule has 0 heterocycles. The molecule has 100 valence electrons. The van der Waals surface area contributed by atoms with Crippen molar-refractivity contribution in [3.8, 4) is 0 Å². The van der Waals surface area contributed by atoms with E-state index in [9.17, 15) is 0 Å². The standard InChI is InChI=1S/C16H19ClN2/c1-3-12-7-9-13(10-8-12)11-19(2)15-6-4-5-14(17)16(15)18/h4-10H,3,11,18H2,1-2H3. The van der Waals surface area contributed by atoms with Gasteiger partial charge >= 0.3 is 0 Å². The van der Waals surface area contributed by atoms with Gasteiger partial charge in [0.2, 0.25) is 0 Å². The van der Waals surface area contributed by atoms with Crippen molar-refractivity contribution in [2.24, 2.45) is 0 Å². The smallest absolute Gasteiger partial charge is 0.0741 e. The van der Waals surface area contributed by atoms with E-state index in [4.69, 9.17) is 17.3 Å². The lowest BCUT2D eigenvalue weighted by Crippen LogP contribution is -2.17. The van der Waals surface area contributed by atoms with E-state index in [1.54, 1.807) is 0 Å². The minimum atomic E-state index is 0.602. The first-order chi connectivity index (χ1) is 9.11. The fourth-order valence-electron chi connectivity index (χ4n) is 2.10. The van der Waals surface area contributed by atoms with E-state index in [1.807, 2.05) is 25.2 Å². The minimum absolute atomic E-state index is 0.602. The fourth-order valence-corrected chi connectivity index (χ4v) is 2.27. The average molecular weight is 275 g/mol. The number of anilines is 2. The van der Waals surface area contributed by atoms with Gasteiger partial charge in [0.15, 0.2) is 0 Å². The number of nitrogen functional groups attached to an aromatic ring is 1. The van der Waals surface area contributed by atoms with E-state index in [0.29, 0.717) is 10.7 Å². The highest BCUT2D eigenvalue weighted by Gasteiger charge is 2.08. The topological polar surface area (TPSA) is 29.3 Å². The molecule has 0 radical (unpaired) electrons. The predicted molar refractivity (Wildman–Crippen MR) is 83.8 cm³/mol. The third-order valence-corrected chi connectivity index (χ3v) is 3.62. The largest absolute Gasteiger partial charge is 0.396 e. The molecule has 0 aliphatic heterocycles. The van der Waals surface area contributed by atoms with Crippen molar-refractivity contribution in [1.29, 1.82) is 0 Å². The van der Waals surface area contributed by atoms with Crippen LogP contribution in [0.5, 0.6) is 0 Å². The Morgan fingerprint density at radius 3 is 2.32 bits per heavy atom. The first kappa shape index (κ1) is 13.8. The fraction of sp³-hybridized carbons (Fsp3) is 0.250. The van der Waals surface area contributed by atoms with Crippen molar-refractivity contribution in [2.45, 2.75) is 19.9 Å². The van der Waals surface area contributed by atoms with E-state index >= 15 is 0 Å². The van der Waals surface area contributed by atoms with Crippen LogP contribution in [0.3, 0.4) is 0 Å². The lowest BCUT2D eigenvalue weighted by molar-refractivity contribution is 0.923. The first-order valence-corrected chi connectivity index (χ1v) is 6.82. The number of halogens is 1. The van der Waals surface area contributed by atoms with Crippen LogP contribution in [0.1, 0.15) is 18.1 Å². The Bertz CT molecular complexity index is 549. The van der Waals surface area contributed by atoms with E-state index in [-0.39, 0.29) is 0 Å². The summed E-state index contributed by atoms with van der Waals surface area (Å²) < 4.78 is 0. The van der Waals surface area contributed by atoms with Crippen molar-refractivity contribution < 1.29 is 0 Å². The summed E-state index contributed by atoms with van der Waals surface area (Å²) in [6.45, 7) is 2.97. The maximum absolute atomic E-state index is 6.05. The van der Waals surface area contributed by atoms with Crippen LogP contribution >= 0.6 is 11.6 Å². The highest BCUT2D eigenvalue weighted by molar-refractivity contribution is 6.33. The molecule has 0 spiro atoms. The van der Waals surface area contributed by atoms with E-state index < -0.39 is 0 Å². The maximum Gasteiger partial charge on any atom is 0.0741 e. The monoisotopic (exact) mass is 274 g/mol. The number of nitrogens with two attached hydrogens (primary N) is 1. The van der Waals surface area contributed by atoms with Gasteiger partial charge in [0.25, 0.3) is 0 Å². The van der Waals surface area contributed by atoms with E-state index in [2.05, 4.69) is 36.1 Å². The molecule has 0 unspecified atom stereocenters. The Kier molecular flexibility index (Phi) is 4.33. The van der Waals surface area contributed by atoms with Gasteiger partial charge in [-0.3, -0.25) is 0 Å². The van der Waals surface area contributed by atoms with Crippen LogP contribution in [0.25, 0.3) is 0 Å². The highest BCUT2D eigenvalue weighted by atomic mass is 35.5. The zero-order valence-corrected chi connectivity index (χ0v) is 12.1. The summed E-state index contributed by atoms with van der Waals surface area (Å²) in [5.41, 5.74) is 10.2. The van der Waals surface area contributed by atoms with Gasteiger partial charge in [-0.25, -0.2) is 0 Å². The molecule has 19 heavy (non-hydrogen) atoms. The lowest BCUT2D eigenvalue weighted by Gasteiger charge is -2.21. The first-order valence-electron chi connectivity index (χ1n) is 6.44. The van der Waals surface area contributed by atoms with Crippen LogP contribution in [-0.4, -0.2) is 7.05 Å². The molecule has 2 nitrogen and oxygen atoms in total. The SMILES string of the molecule is CCc1ccc(CN(C)c2cccc(Cl)c2N)cc1. The molecular weight excluding hydrogens is 256 g/mol. The molecule has 0 atom stereocenters. The third-order valence-electron chi connectivity index (χ3n) is 3.29. The van der Waals surface area contributed by atoms with Crippen molar-refractivity contribution in [1.82, 2.24) is 0 Å². The summed E-state index contributed by atoms with van der Waals surface area (Å²) in [6.07, 6.45) is 1.07. The van der Waals surface area contributed by atoms with Gasteiger partial charge in [0.1, 0.15) is 0 Å². The predicted octanol–water partition coefficient (Wildman–Crippen LogP) is 4.12. The Hall–Kier alpha value is -1.67. The summed E-state index contributed by atoms with van der Waals surface area (Å²) in [4.78, 5) is 2.11. The molecule has 0 bridgehead atoms. The molecule has 2 aromatic rings. The van der Waals surface area contributed by atoms with Crippen molar-refractivity contribution in [3.63, 3.8) is 0 Å². The van der Waals surface area contributed by atoms with Crippen LogP contribution in [0.15, 0.2) is 42.5 Å². The maximum atomic E-state index is 6.05. The van der Waals surface area contributed by atoms with Gasteiger partial charge in [0, 0.05) is 13.6 Å². The zero-order valence-electron chi connectivity index (χ0n) is 11.4. The van der Waals surface area contributed by atoms with Crippen LogP contribution in [0.4, 0.5) is 11.4 Å². The second-order valence-corrected chi connectivity index (χ2v) is 5.11. The summed E-state index contributed by atoms with van der Waals surface area (Å²) in [7, 11) is 2.02. The number of para-hydroxylation sites is 1. The molecule has 0 saturated heterocycles. The average Bonchev–Trinajstić information content (AvgIpc) is 2.42. The van der Waals surface area contributed by atoms with Gasteiger partial charge < -0.3 is 10.6 Å². The molecule has 2 aromatic carbocycles. The number of aryl methyl sites for hydroxylation is 1. The Morgan fingerprint density at radius 2 is 1.68 bits per heavy atom. The number of hydrogen-bond acceptors (Lipinski definition) is 2. The van der Waals surface area contributed by atoms with Crippen molar-refractivity contribution in [3.05, 3.63) is 58.6 Å². The van der Waals surface area contributed by atoms with Crippen molar-refractivity contribution in [2.75, 3.05) is 17.7 Å². The van der Waals surface area contributed by atoms with Gasteiger partial charge in [-0.1, -0.05) is 48.9 Å². The van der Waals surface area contributed by atoms with Gasteiger partial charge in [-0.15, -0.1) is 0 Å². The Balaban J connectivity index is 2.15. The van der Waals surface area contributed by atoms with Gasteiger partial charge in [0.05, 0.1) is 16.4 Å². The van der Waals surface area contributed by atoms with Crippen LogP contribution < -0.4 is 10.6 Å². The lowest BCUT2D eigenvalue weighted by atomic mass is 10.1. The number of hydrogen-bond donors (Lipinski definition) is 1. The molecule has 2 rings (SSSR count). The molecule has 3 heteroatoms. The molecule has 0 aromatic heterocycles. The van der Waals surface area contributed by atoms with Crippen LogP contribution in [0, 0.1) is 0 Å². The highest BCUT2D eigenvalue weighted by Crippen LogP contribution is 2.30. The number of nitrogens with zero attached hydrogens (tertiary/aromatic N) is 1. The van der Waals surface area contributed by atoms with Gasteiger partial charge in [-0.2, -0.15) is 0 Å². The molecule has 0 aliphatic rings. The molecule has 0 amide bonds. The summed E-state index contributed by atoms with van der Waals surface area (Å²) in [6, 6.07) is 14.4. The molecule has 0 aliphatic carbocycles. The van der Waals surface area contributed by atoms with Crippen LogP contribution in [-0.2, 0) is 13.0 Å². The molecule has 0 fully saturated rings. The third kappa shape index (κ3) is 3.21. The second kappa shape index (κ2) is 5.98. The Morgan fingerprint density at radius 1 is 1.05 bits per heavy atom. The summed E-state index contributed by atoms with van der Waals surface area (Å²) in [5.74, 6) is 0. The number of rotatable bonds is 4. The zero-order chi connectivity index (χ0) is 13.8. The summed E-state index contributed by atoms with van der Waals surface area (Å²) >= 11 is 6.05. The quantitative estimate of drug-likeness (QED) is 0.850. The van der Waals surface area contributed by atoms with Crippen molar-refractivity contribution >= 4 is 23.0 Å². The minimum Gasteiger partial charge on any atom is -0.396 e. The molecule has 0 saturated carbocycles. The molecule has 2 N–H and O–H groups in total. The Labute approximate surface area is 119 Å². The van der Waals surface area contributed by atoms with Crippen LogP contribution in [0.2, 0.25) is 5.02 Å². The molecular formula is C16H19ClN2. The summed E-state index contributed by atoms with van der Waals surface area (Å²) in [5, 5.41) is 0.602.